The van der Waals surface area contributed by atoms with Crippen LogP contribution in [0.15, 0.2) is 34.4 Å². The number of carbonyl (C=O) groups excluding carboxylic acids is 3. The summed E-state index contributed by atoms with van der Waals surface area (Å²) in [5, 5.41) is 22.5. The number of hydrogen-bond acceptors (Lipinski definition) is 8. The molecule has 182 valence electrons. The van der Waals surface area contributed by atoms with Crippen LogP contribution < -0.4 is 0 Å². The van der Waals surface area contributed by atoms with Gasteiger partial charge in [0.25, 0.3) is 0 Å². The van der Waals surface area contributed by atoms with Crippen LogP contribution in [0.3, 0.4) is 0 Å². The van der Waals surface area contributed by atoms with Crippen molar-refractivity contribution in [2.45, 2.75) is 85.4 Å². The summed E-state index contributed by atoms with van der Waals surface area (Å²) in [4.78, 5) is 37.5. The van der Waals surface area contributed by atoms with Gasteiger partial charge in [0, 0.05) is 40.5 Å². The Bertz CT molecular complexity index is 959. The Morgan fingerprint density at radius 1 is 1.09 bits per heavy atom. The third-order valence-electron chi connectivity index (χ3n) is 8.00. The van der Waals surface area contributed by atoms with Gasteiger partial charge in [-0.3, -0.25) is 0 Å². The van der Waals surface area contributed by atoms with Crippen molar-refractivity contribution in [1.29, 1.82) is 0 Å². The molecule has 7 atom stereocenters. The van der Waals surface area contributed by atoms with Gasteiger partial charge in [-0.05, 0) is 46.5 Å². The monoisotopic (exact) mass is 462 g/mol. The molecule has 8 heteroatoms. The normalized spacial score (nSPS) is 38.9. The minimum Gasteiger partial charge on any atom is -0.455 e. The molecule has 0 aromatic heterocycles. The fraction of sp³-hybridized carbons (Fsp3) is 0.640. The number of ether oxygens (including phenoxy) is 3. The van der Waals surface area contributed by atoms with Crippen molar-refractivity contribution >= 4 is 17.9 Å². The standard InChI is InChI=1S/C25H34O8/c1-8-12(3)21(27)31-19-15(6)24(7)10-16-14(5)23(29)33-25(16,30)11-17(24)18(26)20(19)32-22(28)13(4)9-2/h8-9,15,17-20,26,30H,10-11H2,1-7H3. The van der Waals surface area contributed by atoms with E-state index >= 15 is 0 Å². The van der Waals surface area contributed by atoms with Crippen LogP contribution in [-0.2, 0) is 28.6 Å². The average Bonchev–Trinajstić information content (AvgIpc) is 3.00. The zero-order chi connectivity index (χ0) is 24.9. The molecule has 2 aliphatic carbocycles. The lowest BCUT2D eigenvalue weighted by Crippen LogP contribution is -2.65. The Balaban J connectivity index is 2.05. The van der Waals surface area contributed by atoms with Crippen LogP contribution in [0, 0.1) is 17.3 Å². The van der Waals surface area contributed by atoms with Crippen molar-refractivity contribution in [3.05, 3.63) is 34.4 Å². The van der Waals surface area contributed by atoms with Crippen molar-refractivity contribution in [2.75, 3.05) is 0 Å². The zero-order valence-corrected chi connectivity index (χ0v) is 20.3. The molecule has 8 nitrogen and oxygen atoms in total. The highest BCUT2D eigenvalue weighted by molar-refractivity contribution is 5.92. The molecular formula is C25H34O8. The van der Waals surface area contributed by atoms with E-state index in [1.165, 1.54) is 0 Å². The maximum atomic E-state index is 12.7. The average molecular weight is 463 g/mol. The van der Waals surface area contributed by atoms with Gasteiger partial charge in [-0.1, -0.05) is 26.0 Å². The Morgan fingerprint density at radius 2 is 1.61 bits per heavy atom. The topological polar surface area (TPSA) is 119 Å². The van der Waals surface area contributed by atoms with Crippen LogP contribution in [0.25, 0.3) is 0 Å². The molecule has 2 N–H and O–H groups in total. The fourth-order valence-electron chi connectivity index (χ4n) is 5.25. The van der Waals surface area contributed by atoms with Crippen LogP contribution in [-0.4, -0.2) is 52.2 Å². The maximum Gasteiger partial charge on any atom is 0.336 e. The van der Waals surface area contributed by atoms with E-state index in [9.17, 15) is 24.6 Å². The second-order valence-electron chi connectivity index (χ2n) is 9.73. The summed E-state index contributed by atoms with van der Waals surface area (Å²) >= 11 is 0. The molecule has 3 rings (SSSR count). The van der Waals surface area contributed by atoms with Gasteiger partial charge in [0.1, 0.15) is 6.10 Å². The van der Waals surface area contributed by atoms with E-state index in [2.05, 4.69) is 0 Å². The first-order valence-electron chi connectivity index (χ1n) is 11.3. The smallest absolute Gasteiger partial charge is 0.336 e. The molecule has 1 aliphatic heterocycles. The fourth-order valence-corrected chi connectivity index (χ4v) is 5.25. The Labute approximate surface area is 194 Å². The van der Waals surface area contributed by atoms with Crippen LogP contribution >= 0.6 is 0 Å². The Kier molecular flexibility index (Phi) is 6.65. The van der Waals surface area contributed by atoms with Crippen LogP contribution in [0.1, 0.15) is 61.3 Å². The summed E-state index contributed by atoms with van der Waals surface area (Å²) in [5.41, 5.74) is 0.925. The van der Waals surface area contributed by atoms with E-state index in [-0.39, 0.29) is 18.8 Å². The lowest BCUT2D eigenvalue weighted by Gasteiger charge is -2.58. The summed E-state index contributed by atoms with van der Waals surface area (Å²) in [7, 11) is 0. The van der Waals surface area contributed by atoms with Crippen molar-refractivity contribution in [3.8, 4) is 0 Å². The zero-order valence-electron chi connectivity index (χ0n) is 20.3. The van der Waals surface area contributed by atoms with E-state index < -0.39 is 53.3 Å². The van der Waals surface area contributed by atoms with Gasteiger partial charge < -0.3 is 24.4 Å². The predicted molar refractivity (Wildman–Crippen MR) is 118 cm³/mol. The number of carbonyl (C=O) groups is 3. The molecule has 3 aliphatic rings. The van der Waals surface area contributed by atoms with Gasteiger partial charge in [0.15, 0.2) is 6.10 Å². The van der Waals surface area contributed by atoms with Crippen molar-refractivity contribution in [2.24, 2.45) is 17.3 Å². The van der Waals surface area contributed by atoms with Crippen molar-refractivity contribution in [3.63, 3.8) is 0 Å². The minimum atomic E-state index is -1.80. The SMILES string of the molecule is CC=C(C)C(=O)OC1C(O)C2CC3(O)OC(=O)C(C)=C3CC2(C)C(C)C1OC(=O)C(C)=CC. The van der Waals surface area contributed by atoms with E-state index in [1.807, 2.05) is 13.8 Å². The highest BCUT2D eigenvalue weighted by Gasteiger charge is 2.65. The highest BCUT2D eigenvalue weighted by atomic mass is 16.7. The summed E-state index contributed by atoms with van der Waals surface area (Å²) < 4.78 is 16.8. The number of fused-ring (bicyclic) bond motifs is 2. The molecule has 7 unspecified atom stereocenters. The summed E-state index contributed by atoms with van der Waals surface area (Å²) in [6.07, 6.45) is 0.112. The minimum absolute atomic E-state index is 0.0430. The number of rotatable bonds is 4. The second-order valence-corrected chi connectivity index (χ2v) is 9.73. The first-order chi connectivity index (χ1) is 15.3. The number of esters is 3. The quantitative estimate of drug-likeness (QED) is 0.372. The summed E-state index contributed by atoms with van der Waals surface area (Å²) in [6, 6.07) is 0. The molecular weight excluding hydrogens is 428 g/mol. The molecule has 0 saturated heterocycles. The molecule has 2 saturated carbocycles. The van der Waals surface area contributed by atoms with E-state index in [1.54, 1.807) is 46.8 Å². The lowest BCUT2D eigenvalue weighted by molar-refractivity contribution is -0.251. The Hall–Kier alpha value is -2.45. The van der Waals surface area contributed by atoms with Gasteiger partial charge >= 0.3 is 17.9 Å². The molecule has 0 spiro atoms. The first kappa shape index (κ1) is 25.2. The largest absolute Gasteiger partial charge is 0.455 e. The van der Waals surface area contributed by atoms with Gasteiger partial charge in [-0.15, -0.1) is 0 Å². The van der Waals surface area contributed by atoms with E-state index in [0.29, 0.717) is 22.3 Å². The number of aliphatic hydroxyl groups is 2. The third kappa shape index (κ3) is 4.04. The molecule has 0 amide bonds. The molecule has 33 heavy (non-hydrogen) atoms. The van der Waals surface area contributed by atoms with Gasteiger partial charge in [0.2, 0.25) is 5.79 Å². The van der Waals surface area contributed by atoms with Gasteiger partial charge in [-0.25, -0.2) is 14.4 Å². The van der Waals surface area contributed by atoms with Crippen LogP contribution in [0.2, 0.25) is 0 Å². The summed E-state index contributed by atoms with van der Waals surface area (Å²) in [6.45, 7) is 12.1. The predicted octanol–water partition coefficient (Wildman–Crippen LogP) is 2.73. The molecule has 0 aromatic rings. The molecule has 0 aromatic carbocycles. The lowest BCUT2D eigenvalue weighted by atomic mass is 9.51. The van der Waals surface area contributed by atoms with Gasteiger partial charge in [0.05, 0.1) is 6.10 Å². The van der Waals surface area contributed by atoms with E-state index in [0.717, 1.165) is 0 Å². The summed E-state index contributed by atoms with van der Waals surface area (Å²) in [5.74, 6) is -4.53. The van der Waals surface area contributed by atoms with Crippen molar-refractivity contribution in [1.82, 2.24) is 0 Å². The second kappa shape index (κ2) is 8.72. The molecule has 0 radical (unpaired) electrons. The molecule has 1 heterocycles. The number of hydrogen-bond donors (Lipinski definition) is 2. The van der Waals surface area contributed by atoms with Crippen LogP contribution in [0.4, 0.5) is 0 Å². The Morgan fingerprint density at radius 3 is 2.12 bits per heavy atom. The maximum absolute atomic E-state index is 12.7. The highest BCUT2D eigenvalue weighted by Crippen LogP contribution is 2.60. The van der Waals surface area contributed by atoms with Gasteiger partial charge in [-0.2, -0.15) is 0 Å². The first-order valence-corrected chi connectivity index (χ1v) is 11.3. The van der Waals surface area contributed by atoms with E-state index in [4.69, 9.17) is 14.2 Å². The third-order valence-corrected chi connectivity index (χ3v) is 8.00. The van der Waals surface area contributed by atoms with Crippen LogP contribution in [0.5, 0.6) is 0 Å². The number of aliphatic hydroxyl groups excluding tert-OH is 1. The number of allylic oxidation sites excluding steroid dienone is 2. The molecule has 2 fully saturated rings. The van der Waals surface area contributed by atoms with Crippen molar-refractivity contribution < 1.29 is 38.8 Å². The molecule has 0 bridgehead atoms.